The molecule has 14 heavy (non-hydrogen) atoms. The van der Waals surface area contributed by atoms with Gasteiger partial charge in [-0.15, -0.1) is 11.3 Å². The third-order valence-corrected chi connectivity index (χ3v) is 3.34. The smallest absolute Gasteiger partial charge is 0.122 e. The second-order valence-corrected chi connectivity index (χ2v) is 5.10. The molecule has 0 aliphatic heterocycles. The molecule has 0 radical (unpaired) electrons. The first-order chi connectivity index (χ1) is 6.84. The van der Waals surface area contributed by atoms with Crippen molar-refractivity contribution in [1.82, 2.24) is 0 Å². The number of hydrogen-bond acceptors (Lipinski definition) is 2. The minimum Gasteiger partial charge on any atom is -0.488 e. The largest absolute Gasteiger partial charge is 0.488 e. The first-order valence-corrected chi connectivity index (χ1v) is 6.21. The molecule has 0 bridgehead atoms. The molecule has 3 heteroatoms. The van der Waals surface area contributed by atoms with Crippen LogP contribution < -0.4 is 4.74 Å². The predicted molar refractivity (Wildman–Crippen MR) is 67.8 cm³/mol. The van der Waals surface area contributed by atoms with Gasteiger partial charge in [-0.3, -0.25) is 0 Å². The minimum absolute atomic E-state index is 0.665. The van der Waals surface area contributed by atoms with Crippen molar-refractivity contribution in [2.75, 3.05) is 0 Å². The predicted octanol–water partition coefficient (Wildman–Crippen LogP) is 3.93. The van der Waals surface area contributed by atoms with Gasteiger partial charge in [0, 0.05) is 8.45 Å². The third-order valence-electron chi connectivity index (χ3n) is 1.77. The van der Waals surface area contributed by atoms with Gasteiger partial charge in [0.15, 0.2) is 0 Å². The molecule has 1 nitrogen and oxygen atoms in total. The molecule has 72 valence electrons. The molecule has 0 amide bonds. The Labute approximate surface area is 101 Å². The van der Waals surface area contributed by atoms with Crippen LogP contribution in [0.1, 0.15) is 4.88 Å². The summed E-state index contributed by atoms with van der Waals surface area (Å²) in [6, 6.07) is 12.2. The maximum atomic E-state index is 5.61. The van der Waals surface area contributed by atoms with E-state index in [0.717, 1.165) is 5.75 Å². The van der Waals surface area contributed by atoms with Gasteiger partial charge >= 0.3 is 0 Å². The van der Waals surface area contributed by atoms with E-state index in [1.165, 1.54) is 8.45 Å². The molecule has 0 fully saturated rings. The number of rotatable bonds is 3. The van der Waals surface area contributed by atoms with Crippen LogP contribution in [0, 0.1) is 3.57 Å². The van der Waals surface area contributed by atoms with Crippen LogP contribution in [0.4, 0.5) is 0 Å². The van der Waals surface area contributed by atoms with Crippen molar-refractivity contribution >= 4 is 33.9 Å². The van der Waals surface area contributed by atoms with Crippen LogP contribution in [0.3, 0.4) is 0 Å². The van der Waals surface area contributed by atoms with E-state index in [0.29, 0.717) is 6.61 Å². The fourth-order valence-electron chi connectivity index (χ4n) is 1.08. The van der Waals surface area contributed by atoms with Crippen LogP contribution in [0.5, 0.6) is 5.75 Å². The number of benzene rings is 1. The van der Waals surface area contributed by atoms with Crippen LogP contribution in [0.25, 0.3) is 0 Å². The van der Waals surface area contributed by atoms with Gasteiger partial charge in [-0.25, -0.2) is 0 Å². The van der Waals surface area contributed by atoms with Crippen molar-refractivity contribution in [2.24, 2.45) is 0 Å². The minimum atomic E-state index is 0.665. The van der Waals surface area contributed by atoms with Gasteiger partial charge in [-0.1, -0.05) is 6.07 Å². The van der Waals surface area contributed by atoms with E-state index >= 15 is 0 Å². The average molecular weight is 316 g/mol. The highest BCUT2D eigenvalue weighted by atomic mass is 127. The Morgan fingerprint density at radius 2 is 1.93 bits per heavy atom. The number of halogens is 1. The van der Waals surface area contributed by atoms with E-state index in [4.69, 9.17) is 4.74 Å². The van der Waals surface area contributed by atoms with Crippen molar-refractivity contribution < 1.29 is 4.74 Å². The molecule has 2 rings (SSSR count). The van der Waals surface area contributed by atoms with Gasteiger partial charge in [0.2, 0.25) is 0 Å². The third kappa shape index (κ3) is 2.72. The topological polar surface area (TPSA) is 9.23 Å². The summed E-state index contributed by atoms with van der Waals surface area (Å²) in [4.78, 5) is 1.25. The first kappa shape index (κ1) is 9.98. The fraction of sp³-hybridized carbons (Fsp3) is 0.0909. The van der Waals surface area contributed by atoms with E-state index in [1.807, 2.05) is 30.3 Å². The fourth-order valence-corrected chi connectivity index (χ4v) is 2.06. The summed E-state index contributed by atoms with van der Waals surface area (Å²) in [6.45, 7) is 0.665. The summed E-state index contributed by atoms with van der Waals surface area (Å²) in [5, 5.41) is 2.06. The summed E-state index contributed by atoms with van der Waals surface area (Å²) in [5.74, 6) is 0.929. The van der Waals surface area contributed by atoms with Gasteiger partial charge in [-0.05, 0) is 58.3 Å². The normalized spacial score (nSPS) is 10.1. The van der Waals surface area contributed by atoms with E-state index in [2.05, 4.69) is 34.0 Å². The molecule has 0 unspecified atom stereocenters. The van der Waals surface area contributed by atoms with Gasteiger partial charge in [-0.2, -0.15) is 0 Å². The van der Waals surface area contributed by atoms with E-state index < -0.39 is 0 Å². The maximum absolute atomic E-state index is 5.61. The summed E-state index contributed by atoms with van der Waals surface area (Å²) >= 11 is 4.00. The van der Waals surface area contributed by atoms with Crippen molar-refractivity contribution in [1.29, 1.82) is 0 Å². The maximum Gasteiger partial charge on any atom is 0.122 e. The van der Waals surface area contributed by atoms with Crippen LogP contribution in [0.2, 0.25) is 0 Å². The lowest BCUT2D eigenvalue weighted by Crippen LogP contribution is -1.92. The first-order valence-electron chi connectivity index (χ1n) is 4.25. The second-order valence-electron chi connectivity index (χ2n) is 2.82. The molecule has 0 aliphatic carbocycles. The Morgan fingerprint density at radius 1 is 1.14 bits per heavy atom. The van der Waals surface area contributed by atoms with Crippen LogP contribution in [-0.2, 0) is 6.61 Å². The Kier molecular flexibility index (Phi) is 3.42. The van der Waals surface area contributed by atoms with Crippen molar-refractivity contribution in [3.05, 3.63) is 50.2 Å². The molecule has 0 saturated heterocycles. The van der Waals surface area contributed by atoms with Gasteiger partial charge in [0.25, 0.3) is 0 Å². The summed E-state index contributed by atoms with van der Waals surface area (Å²) in [5.41, 5.74) is 0. The lowest BCUT2D eigenvalue weighted by Gasteiger charge is -2.03. The Bertz CT molecular complexity index is 380. The quantitative estimate of drug-likeness (QED) is 0.780. The molecule has 1 aromatic carbocycles. The highest BCUT2D eigenvalue weighted by Gasteiger charge is 1.95. The SMILES string of the molecule is Ic1ccc(OCc2cccs2)cc1. The Hall–Kier alpha value is -0.550. The molecule has 0 atom stereocenters. The molecule has 0 saturated carbocycles. The standard InChI is InChI=1S/C11H9IOS/c12-9-3-5-10(6-4-9)13-8-11-2-1-7-14-11/h1-7H,8H2. The number of ether oxygens (including phenoxy) is 1. The highest BCUT2D eigenvalue weighted by molar-refractivity contribution is 14.1. The Balaban J connectivity index is 1.95. The summed E-state index contributed by atoms with van der Waals surface area (Å²) in [6.07, 6.45) is 0. The zero-order chi connectivity index (χ0) is 9.80. The van der Waals surface area contributed by atoms with E-state index in [1.54, 1.807) is 11.3 Å². The average Bonchev–Trinajstić information content (AvgIpc) is 2.70. The molecule has 0 aliphatic rings. The number of hydrogen-bond donors (Lipinski definition) is 0. The summed E-state index contributed by atoms with van der Waals surface area (Å²) in [7, 11) is 0. The zero-order valence-electron chi connectivity index (χ0n) is 7.44. The summed E-state index contributed by atoms with van der Waals surface area (Å²) < 4.78 is 6.84. The molecule has 1 aromatic heterocycles. The Morgan fingerprint density at radius 3 is 2.57 bits per heavy atom. The van der Waals surface area contributed by atoms with Gasteiger partial charge < -0.3 is 4.74 Å². The van der Waals surface area contributed by atoms with Crippen molar-refractivity contribution in [3.63, 3.8) is 0 Å². The lowest BCUT2D eigenvalue weighted by atomic mass is 10.3. The van der Waals surface area contributed by atoms with Crippen LogP contribution in [0.15, 0.2) is 41.8 Å². The molecular weight excluding hydrogens is 307 g/mol. The van der Waals surface area contributed by atoms with Crippen LogP contribution in [-0.4, -0.2) is 0 Å². The van der Waals surface area contributed by atoms with Crippen LogP contribution >= 0.6 is 33.9 Å². The number of thiophene rings is 1. The zero-order valence-corrected chi connectivity index (χ0v) is 10.4. The molecule has 2 aromatic rings. The van der Waals surface area contributed by atoms with E-state index in [9.17, 15) is 0 Å². The second kappa shape index (κ2) is 4.79. The lowest BCUT2D eigenvalue weighted by molar-refractivity contribution is 0.310. The molecular formula is C11H9IOS. The van der Waals surface area contributed by atoms with Gasteiger partial charge in [0.05, 0.1) is 0 Å². The molecule has 1 heterocycles. The molecule has 0 spiro atoms. The highest BCUT2D eigenvalue weighted by Crippen LogP contribution is 2.16. The molecule has 0 N–H and O–H groups in total. The van der Waals surface area contributed by atoms with Crippen molar-refractivity contribution in [3.8, 4) is 5.75 Å². The van der Waals surface area contributed by atoms with E-state index in [-0.39, 0.29) is 0 Å². The monoisotopic (exact) mass is 316 g/mol. The van der Waals surface area contributed by atoms with Gasteiger partial charge in [0.1, 0.15) is 12.4 Å². The van der Waals surface area contributed by atoms with Crippen molar-refractivity contribution in [2.45, 2.75) is 6.61 Å².